The van der Waals surface area contributed by atoms with Crippen molar-refractivity contribution in [1.82, 2.24) is 10.2 Å². The van der Waals surface area contributed by atoms with Crippen LogP contribution in [0.1, 0.15) is 22.6 Å². The summed E-state index contributed by atoms with van der Waals surface area (Å²) >= 11 is 0. The lowest BCUT2D eigenvalue weighted by atomic mass is 9.90. The fraction of sp³-hybridized carbons (Fsp3) is 0.286. The Hall–Kier alpha value is -3.68. The molecule has 3 aromatic carbocycles. The van der Waals surface area contributed by atoms with Gasteiger partial charge in [0.25, 0.3) is 0 Å². The molecule has 35 heavy (non-hydrogen) atoms. The molecule has 2 N–H and O–H groups in total. The summed E-state index contributed by atoms with van der Waals surface area (Å²) in [6, 6.07) is 21.8. The molecule has 0 saturated carbocycles. The van der Waals surface area contributed by atoms with Crippen LogP contribution in [0, 0.1) is 0 Å². The van der Waals surface area contributed by atoms with Crippen molar-refractivity contribution in [3.8, 4) is 11.5 Å². The van der Waals surface area contributed by atoms with Crippen LogP contribution in [0.5, 0.6) is 11.5 Å². The number of nitrogens with one attached hydrogen (secondary N) is 2. The monoisotopic (exact) mass is 470 g/mol. The van der Waals surface area contributed by atoms with Crippen molar-refractivity contribution in [1.29, 1.82) is 0 Å². The van der Waals surface area contributed by atoms with Gasteiger partial charge in [0.1, 0.15) is 5.92 Å². The normalized spacial score (nSPS) is 18.2. The average Bonchev–Trinajstić information content (AvgIpc) is 3.22. The number of carbonyl (C=O) groups excluding carboxylic acids is 1. The number of nitrogens with zero attached hydrogens (tertiary/aromatic N) is 2. The number of aliphatic imine (C=N–C) groups is 1. The van der Waals surface area contributed by atoms with Gasteiger partial charge in [0.05, 0.1) is 25.6 Å². The van der Waals surface area contributed by atoms with Crippen molar-refractivity contribution >= 4 is 23.0 Å². The molecule has 0 spiro atoms. The van der Waals surface area contributed by atoms with Gasteiger partial charge in [-0.3, -0.25) is 14.7 Å². The lowest BCUT2D eigenvalue weighted by molar-refractivity contribution is -0.115. The SMILES string of the molecule is COc1cc2c(cc1OC)C(C(=Nc1ccc(CN3CCNCC3)cc1)c1ccccc1)C(=O)N2. The van der Waals surface area contributed by atoms with Gasteiger partial charge in [-0.05, 0) is 34.9 Å². The number of carbonyl (C=O) groups is 1. The van der Waals surface area contributed by atoms with E-state index in [9.17, 15) is 4.79 Å². The highest BCUT2D eigenvalue weighted by molar-refractivity contribution is 6.24. The molecule has 1 unspecified atom stereocenters. The van der Waals surface area contributed by atoms with E-state index in [1.54, 1.807) is 20.3 Å². The molecule has 2 heterocycles. The van der Waals surface area contributed by atoms with Gasteiger partial charge in [-0.15, -0.1) is 0 Å². The maximum atomic E-state index is 13.2. The van der Waals surface area contributed by atoms with Crippen molar-refractivity contribution in [3.05, 3.63) is 83.4 Å². The van der Waals surface area contributed by atoms with Crippen LogP contribution in [0.2, 0.25) is 0 Å². The standard InChI is InChI=1S/C28H30N4O3/c1-34-24-16-22-23(17-25(24)35-2)31-28(33)26(22)27(20-6-4-3-5-7-20)30-21-10-8-19(9-11-21)18-32-14-12-29-13-15-32/h3-11,16-17,26,29H,12-15,18H2,1-2H3,(H,31,33). The first kappa shape index (κ1) is 23.1. The number of benzene rings is 3. The second kappa shape index (κ2) is 10.3. The Bertz CT molecular complexity index is 1220. The molecule has 7 nitrogen and oxygen atoms in total. The largest absolute Gasteiger partial charge is 0.493 e. The van der Waals surface area contributed by atoms with E-state index in [4.69, 9.17) is 14.5 Å². The smallest absolute Gasteiger partial charge is 0.238 e. The summed E-state index contributed by atoms with van der Waals surface area (Å²) in [5.41, 5.74) is 5.21. The molecule has 1 atom stereocenters. The average molecular weight is 471 g/mol. The molecule has 1 saturated heterocycles. The Morgan fingerprint density at radius 3 is 2.34 bits per heavy atom. The first-order valence-corrected chi connectivity index (χ1v) is 11.9. The Labute approximate surface area is 205 Å². The van der Waals surface area contributed by atoms with E-state index in [-0.39, 0.29) is 5.91 Å². The van der Waals surface area contributed by atoms with Crippen LogP contribution in [-0.2, 0) is 11.3 Å². The maximum Gasteiger partial charge on any atom is 0.238 e. The van der Waals surface area contributed by atoms with Crippen molar-refractivity contribution in [3.63, 3.8) is 0 Å². The number of hydrogen-bond acceptors (Lipinski definition) is 6. The highest BCUT2D eigenvalue weighted by Crippen LogP contribution is 2.42. The van der Waals surface area contributed by atoms with E-state index in [0.29, 0.717) is 22.9 Å². The van der Waals surface area contributed by atoms with E-state index in [0.717, 1.165) is 49.5 Å². The van der Waals surface area contributed by atoms with Gasteiger partial charge in [0, 0.05) is 44.5 Å². The zero-order valence-electron chi connectivity index (χ0n) is 20.1. The highest BCUT2D eigenvalue weighted by atomic mass is 16.5. The topological polar surface area (TPSA) is 75.2 Å². The third-order valence-corrected chi connectivity index (χ3v) is 6.53. The minimum absolute atomic E-state index is 0.117. The van der Waals surface area contributed by atoms with Gasteiger partial charge in [0.2, 0.25) is 5.91 Å². The van der Waals surface area contributed by atoms with Gasteiger partial charge in [0.15, 0.2) is 11.5 Å². The second-order valence-corrected chi connectivity index (χ2v) is 8.77. The molecule has 0 aliphatic carbocycles. The lowest BCUT2D eigenvalue weighted by Gasteiger charge is -2.27. The molecule has 2 aliphatic heterocycles. The predicted octanol–water partition coefficient (Wildman–Crippen LogP) is 3.97. The summed E-state index contributed by atoms with van der Waals surface area (Å²) in [6.07, 6.45) is 0. The van der Waals surface area contributed by atoms with Crippen LogP contribution in [0.4, 0.5) is 11.4 Å². The van der Waals surface area contributed by atoms with E-state index < -0.39 is 5.92 Å². The zero-order chi connectivity index (χ0) is 24.2. The number of anilines is 1. The van der Waals surface area contributed by atoms with Crippen molar-refractivity contribution in [2.24, 2.45) is 4.99 Å². The van der Waals surface area contributed by atoms with E-state index >= 15 is 0 Å². The van der Waals surface area contributed by atoms with Crippen molar-refractivity contribution in [2.45, 2.75) is 12.5 Å². The number of amides is 1. The lowest BCUT2D eigenvalue weighted by Crippen LogP contribution is -2.42. The highest BCUT2D eigenvalue weighted by Gasteiger charge is 2.36. The number of methoxy groups -OCH3 is 2. The maximum absolute atomic E-state index is 13.2. The number of ether oxygens (including phenoxy) is 2. The molecule has 0 bridgehead atoms. The summed E-state index contributed by atoms with van der Waals surface area (Å²) in [7, 11) is 3.18. The van der Waals surface area contributed by atoms with Crippen LogP contribution in [0.15, 0.2) is 71.7 Å². The van der Waals surface area contributed by atoms with E-state index in [2.05, 4.69) is 27.7 Å². The number of fused-ring (bicyclic) bond motifs is 1. The number of hydrogen-bond donors (Lipinski definition) is 2. The minimum Gasteiger partial charge on any atom is -0.493 e. The van der Waals surface area contributed by atoms with Gasteiger partial charge in [-0.25, -0.2) is 0 Å². The first-order chi connectivity index (χ1) is 17.2. The molecule has 7 heteroatoms. The molecule has 2 aliphatic rings. The third-order valence-electron chi connectivity index (χ3n) is 6.53. The Morgan fingerprint density at radius 2 is 1.66 bits per heavy atom. The summed E-state index contributed by atoms with van der Waals surface area (Å²) in [5.74, 6) is 0.476. The quantitative estimate of drug-likeness (QED) is 0.511. The molecule has 5 rings (SSSR count). The zero-order valence-corrected chi connectivity index (χ0v) is 20.1. The fourth-order valence-electron chi connectivity index (χ4n) is 4.71. The van der Waals surface area contributed by atoms with Crippen LogP contribution < -0.4 is 20.1 Å². The van der Waals surface area contributed by atoms with Crippen LogP contribution >= 0.6 is 0 Å². The van der Waals surface area contributed by atoms with Crippen molar-refractivity contribution < 1.29 is 14.3 Å². The third kappa shape index (κ3) is 4.92. The molecule has 0 aromatic heterocycles. The number of rotatable bonds is 7. The van der Waals surface area contributed by atoms with Gasteiger partial charge < -0.3 is 20.1 Å². The molecule has 3 aromatic rings. The van der Waals surface area contributed by atoms with Gasteiger partial charge >= 0.3 is 0 Å². The number of piperazine rings is 1. The first-order valence-electron chi connectivity index (χ1n) is 11.9. The van der Waals surface area contributed by atoms with Gasteiger partial charge in [-0.2, -0.15) is 0 Å². The van der Waals surface area contributed by atoms with Crippen LogP contribution in [0.3, 0.4) is 0 Å². The molecule has 180 valence electrons. The molecule has 0 radical (unpaired) electrons. The summed E-state index contributed by atoms with van der Waals surface area (Å²) in [4.78, 5) is 20.7. The predicted molar refractivity (Wildman–Crippen MR) is 138 cm³/mol. The molecule has 1 fully saturated rings. The van der Waals surface area contributed by atoms with E-state index in [1.807, 2.05) is 48.5 Å². The molecule has 1 amide bonds. The van der Waals surface area contributed by atoms with Crippen LogP contribution in [0.25, 0.3) is 0 Å². The van der Waals surface area contributed by atoms with Crippen molar-refractivity contribution in [2.75, 3.05) is 45.7 Å². The Morgan fingerprint density at radius 1 is 0.971 bits per heavy atom. The molecular formula is C28H30N4O3. The Balaban J connectivity index is 1.50. The van der Waals surface area contributed by atoms with E-state index in [1.165, 1.54) is 5.56 Å². The summed E-state index contributed by atoms with van der Waals surface area (Å²) in [5, 5.41) is 6.39. The van der Waals surface area contributed by atoms with Gasteiger partial charge in [-0.1, -0.05) is 42.5 Å². The van der Waals surface area contributed by atoms with Crippen LogP contribution in [-0.4, -0.2) is 56.9 Å². The Kier molecular flexibility index (Phi) is 6.79. The second-order valence-electron chi connectivity index (χ2n) is 8.77. The fourth-order valence-corrected chi connectivity index (χ4v) is 4.71. The minimum atomic E-state index is -0.562. The summed E-state index contributed by atoms with van der Waals surface area (Å²) in [6.45, 7) is 5.11. The summed E-state index contributed by atoms with van der Waals surface area (Å²) < 4.78 is 10.9. The molecular weight excluding hydrogens is 440 g/mol.